The molecule has 0 bridgehead atoms. The number of aliphatic imine (C=N–C) groups is 1. The van der Waals surface area contributed by atoms with Gasteiger partial charge >= 0.3 is 0 Å². The molecule has 1 aliphatic rings. The van der Waals surface area contributed by atoms with Gasteiger partial charge in [-0.1, -0.05) is 42.5 Å². The zero-order valence-corrected chi connectivity index (χ0v) is 17.1. The predicted octanol–water partition coefficient (Wildman–Crippen LogP) is 2.39. The summed E-state index contributed by atoms with van der Waals surface area (Å²) in [5, 5.41) is 2.85. The summed E-state index contributed by atoms with van der Waals surface area (Å²) in [6, 6.07) is 14.7. The minimum absolute atomic E-state index is 0.0854. The summed E-state index contributed by atoms with van der Waals surface area (Å²) in [6.07, 6.45) is 0. The van der Waals surface area contributed by atoms with Crippen molar-refractivity contribution in [2.45, 2.75) is 26.1 Å². The molecule has 0 aliphatic carbocycles. The minimum Gasteiger partial charge on any atom is -0.493 e. The standard InChI is InChI=1S/C22H25N3O4/c1-22(2)24-19(15-9-6-5-7-10-15)21(27)25(22)14-18(26)23-13-16-11-8-12-17(28-3)20(16)29-4/h5-12H,13-14H2,1-4H3,(H,23,26). The van der Waals surface area contributed by atoms with Gasteiger partial charge in [0, 0.05) is 17.7 Å². The van der Waals surface area contributed by atoms with Gasteiger partial charge in [-0.2, -0.15) is 0 Å². The van der Waals surface area contributed by atoms with E-state index in [0.29, 0.717) is 17.2 Å². The normalized spacial score (nSPS) is 15.1. The van der Waals surface area contributed by atoms with E-state index >= 15 is 0 Å². The maximum Gasteiger partial charge on any atom is 0.275 e. The maximum absolute atomic E-state index is 12.9. The van der Waals surface area contributed by atoms with Crippen LogP contribution in [0.1, 0.15) is 25.0 Å². The third kappa shape index (κ3) is 4.23. The van der Waals surface area contributed by atoms with E-state index in [1.165, 1.54) is 4.90 Å². The van der Waals surface area contributed by atoms with E-state index < -0.39 is 5.66 Å². The largest absolute Gasteiger partial charge is 0.493 e. The Bertz CT molecular complexity index is 938. The molecule has 1 N–H and O–H groups in total. The highest BCUT2D eigenvalue weighted by Crippen LogP contribution is 2.30. The average molecular weight is 395 g/mol. The second kappa shape index (κ2) is 8.34. The van der Waals surface area contributed by atoms with Crippen LogP contribution in [0.4, 0.5) is 0 Å². The van der Waals surface area contributed by atoms with Gasteiger partial charge in [-0.25, -0.2) is 0 Å². The molecule has 0 saturated carbocycles. The Balaban J connectivity index is 1.68. The van der Waals surface area contributed by atoms with E-state index in [2.05, 4.69) is 10.3 Å². The number of rotatable bonds is 7. The molecule has 152 valence electrons. The summed E-state index contributed by atoms with van der Waals surface area (Å²) in [6.45, 7) is 3.81. The Kier molecular flexibility index (Phi) is 5.87. The van der Waals surface area contributed by atoms with E-state index in [1.54, 1.807) is 20.3 Å². The van der Waals surface area contributed by atoms with E-state index in [1.807, 2.05) is 56.3 Å². The Morgan fingerprint density at radius 3 is 2.45 bits per heavy atom. The summed E-state index contributed by atoms with van der Waals surface area (Å²) < 4.78 is 10.7. The molecule has 0 saturated heterocycles. The van der Waals surface area contributed by atoms with Gasteiger partial charge < -0.3 is 19.7 Å². The van der Waals surface area contributed by atoms with Crippen molar-refractivity contribution in [2.75, 3.05) is 20.8 Å². The third-order valence-electron chi connectivity index (χ3n) is 4.80. The highest BCUT2D eigenvalue weighted by Gasteiger charge is 2.41. The van der Waals surface area contributed by atoms with Crippen molar-refractivity contribution < 1.29 is 19.1 Å². The number of hydrogen-bond acceptors (Lipinski definition) is 5. The number of carbonyl (C=O) groups is 2. The number of ether oxygens (including phenoxy) is 2. The topological polar surface area (TPSA) is 80.2 Å². The average Bonchev–Trinajstić information content (AvgIpc) is 2.95. The predicted molar refractivity (Wildman–Crippen MR) is 110 cm³/mol. The van der Waals surface area contributed by atoms with Crippen LogP contribution in [-0.2, 0) is 16.1 Å². The van der Waals surface area contributed by atoms with Crippen LogP contribution in [0, 0.1) is 0 Å². The molecule has 2 amide bonds. The Morgan fingerprint density at radius 2 is 1.79 bits per heavy atom. The lowest BCUT2D eigenvalue weighted by atomic mass is 10.1. The van der Waals surface area contributed by atoms with Crippen molar-refractivity contribution in [3.8, 4) is 11.5 Å². The van der Waals surface area contributed by atoms with Gasteiger partial charge in [0.2, 0.25) is 5.91 Å². The molecule has 0 spiro atoms. The Hall–Kier alpha value is -3.35. The van der Waals surface area contributed by atoms with Crippen LogP contribution in [0.3, 0.4) is 0 Å². The smallest absolute Gasteiger partial charge is 0.275 e. The van der Waals surface area contributed by atoms with E-state index in [0.717, 1.165) is 11.1 Å². The molecule has 1 aliphatic heterocycles. The third-order valence-corrected chi connectivity index (χ3v) is 4.80. The van der Waals surface area contributed by atoms with E-state index in [9.17, 15) is 9.59 Å². The van der Waals surface area contributed by atoms with E-state index in [4.69, 9.17) is 9.47 Å². The minimum atomic E-state index is -0.798. The fraction of sp³-hybridized carbons (Fsp3) is 0.318. The molecule has 7 nitrogen and oxygen atoms in total. The highest BCUT2D eigenvalue weighted by molar-refractivity contribution is 6.46. The van der Waals surface area contributed by atoms with Crippen molar-refractivity contribution in [2.24, 2.45) is 4.99 Å². The lowest BCUT2D eigenvalue weighted by Gasteiger charge is -2.28. The second-order valence-electron chi connectivity index (χ2n) is 7.14. The first-order valence-corrected chi connectivity index (χ1v) is 9.31. The zero-order valence-electron chi connectivity index (χ0n) is 17.1. The molecule has 0 radical (unpaired) electrons. The van der Waals surface area contributed by atoms with E-state index in [-0.39, 0.29) is 24.9 Å². The van der Waals surface area contributed by atoms with Crippen LogP contribution in [0.25, 0.3) is 0 Å². The number of benzene rings is 2. The molecule has 1 heterocycles. The molecule has 0 unspecified atom stereocenters. The Labute approximate surface area is 170 Å². The van der Waals surface area contributed by atoms with Crippen molar-refractivity contribution in [3.63, 3.8) is 0 Å². The summed E-state index contributed by atoms with van der Waals surface area (Å²) in [5.41, 5.74) is 1.11. The lowest BCUT2D eigenvalue weighted by Crippen LogP contribution is -2.48. The van der Waals surface area contributed by atoms with Crippen molar-refractivity contribution in [1.29, 1.82) is 0 Å². The first-order chi connectivity index (χ1) is 13.9. The fourth-order valence-electron chi connectivity index (χ4n) is 3.29. The lowest BCUT2D eigenvalue weighted by molar-refractivity contribution is -0.134. The molecule has 3 rings (SSSR count). The number of carbonyl (C=O) groups excluding carboxylic acids is 2. The number of para-hydroxylation sites is 1. The van der Waals surface area contributed by atoms with Gasteiger partial charge in [-0.05, 0) is 19.9 Å². The van der Waals surface area contributed by atoms with Gasteiger partial charge in [0.15, 0.2) is 11.5 Å². The first-order valence-electron chi connectivity index (χ1n) is 9.31. The number of amides is 2. The molecule has 7 heteroatoms. The van der Waals surface area contributed by atoms with Crippen LogP contribution in [0.15, 0.2) is 53.5 Å². The zero-order chi connectivity index (χ0) is 21.0. The molecular formula is C22H25N3O4. The molecule has 0 aromatic heterocycles. The number of methoxy groups -OCH3 is 2. The second-order valence-corrected chi connectivity index (χ2v) is 7.14. The quantitative estimate of drug-likeness (QED) is 0.781. The van der Waals surface area contributed by atoms with Crippen molar-refractivity contribution in [1.82, 2.24) is 10.2 Å². The number of nitrogens with zero attached hydrogens (tertiary/aromatic N) is 2. The van der Waals surface area contributed by atoms with Gasteiger partial charge in [-0.15, -0.1) is 0 Å². The highest BCUT2D eigenvalue weighted by atomic mass is 16.5. The molecule has 29 heavy (non-hydrogen) atoms. The molecular weight excluding hydrogens is 370 g/mol. The Morgan fingerprint density at radius 1 is 1.07 bits per heavy atom. The first kappa shape index (κ1) is 20.4. The molecule has 2 aromatic rings. The number of hydrogen-bond donors (Lipinski definition) is 1. The van der Waals surface area contributed by atoms with Gasteiger partial charge in [0.25, 0.3) is 5.91 Å². The summed E-state index contributed by atoms with van der Waals surface area (Å²) in [5.74, 6) is 0.634. The van der Waals surface area contributed by atoms with Crippen molar-refractivity contribution >= 4 is 17.5 Å². The summed E-state index contributed by atoms with van der Waals surface area (Å²) in [7, 11) is 3.11. The van der Waals surface area contributed by atoms with Crippen molar-refractivity contribution in [3.05, 3.63) is 59.7 Å². The van der Waals surface area contributed by atoms with Crippen LogP contribution in [0.2, 0.25) is 0 Å². The fourth-order valence-corrected chi connectivity index (χ4v) is 3.29. The molecule has 0 fully saturated rings. The van der Waals surface area contributed by atoms with Gasteiger partial charge in [0.05, 0.1) is 14.2 Å². The summed E-state index contributed by atoms with van der Waals surface area (Å²) >= 11 is 0. The van der Waals surface area contributed by atoms with Gasteiger partial charge in [0.1, 0.15) is 17.9 Å². The van der Waals surface area contributed by atoms with Gasteiger partial charge in [-0.3, -0.25) is 14.6 Å². The van der Waals surface area contributed by atoms with Crippen LogP contribution >= 0.6 is 0 Å². The maximum atomic E-state index is 12.9. The SMILES string of the molecule is COc1cccc(CNC(=O)CN2C(=O)C(c3ccccc3)=NC2(C)C)c1OC. The number of nitrogens with one attached hydrogen (secondary N) is 1. The van der Waals surface area contributed by atoms with Crippen LogP contribution in [0.5, 0.6) is 11.5 Å². The molecule has 2 aromatic carbocycles. The van der Waals surface area contributed by atoms with Crippen LogP contribution in [-0.4, -0.2) is 48.9 Å². The molecule has 0 atom stereocenters. The summed E-state index contributed by atoms with van der Waals surface area (Å²) in [4.78, 5) is 31.5. The monoisotopic (exact) mass is 395 g/mol. The van der Waals surface area contributed by atoms with Crippen LogP contribution < -0.4 is 14.8 Å².